The van der Waals surface area contributed by atoms with E-state index in [1.165, 1.54) is 10.7 Å². The van der Waals surface area contributed by atoms with Crippen LogP contribution in [-0.2, 0) is 19.5 Å². The number of hydrogen-bond donors (Lipinski definition) is 2. The Kier molecular flexibility index (Phi) is 6.96. The summed E-state index contributed by atoms with van der Waals surface area (Å²) >= 11 is 0. The van der Waals surface area contributed by atoms with Gasteiger partial charge in [-0.1, -0.05) is 30.3 Å². The molecule has 3 aromatic heterocycles. The largest absolute Gasteiger partial charge is 0.384 e. The number of hydrogen-bond acceptors (Lipinski definition) is 5. The van der Waals surface area contributed by atoms with Crippen LogP contribution in [0.1, 0.15) is 56.1 Å². The minimum Gasteiger partial charge on any atom is -0.384 e. The highest BCUT2D eigenvalue weighted by molar-refractivity contribution is 5.95. The predicted octanol–water partition coefficient (Wildman–Crippen LogP) is 3.36. The van der Waals surface area contributed by atoms with Gasteiger partial charge in [-0.25, -0.2) is 13.8 Å². The van der Waals surface area contributed by atoms with Crippen molar-refractivity contribution in [3.63, 3.8) is 0 Å². The lowest BCUT2D eigenvalue weighted by Gasteiger charge is -2.14. The first kappa shape index (κ1) is 24.8. The lowest BCUT2D eigenvalue weighted by atomic mass is 9.99. The SMILES string of the molecule is Cc1cc(N)nc(C)c1Cc1c(C(N)=O)c(C(F)F)nn1Cc1ccc(Cn2ccccc2=O)cc1. The van der Waals surface area contributed by atoms with Crippen molar-refractivity contribution in [3.05, 3.63) is 110 Å². The van der Waals surface area contributed by atoms with E-state index in [1.807, 2.05) is 31.2 Å². The second-order valence-electron chi connectivity index (χ2n) is 8.62. The third kappa shape index (κ3) is 5.17. The number of halogens is 2. The van der Waals surface area contributed by atoms with E-state index in [4.69, 9.17) is 11.5 Å². The maximum atomic E-state index is 13.8. The molecule has 8 nitrogen and oxygen atoms in total. The van der Waals surface area contributed by atoms with E-state index >= 15 is 0 Å². The molecule has 0 aliphatic rings. The Bertz CT molecular complexity index is 1450. The minimum atomic E-state index is -2.97. The Morgan fingerprint density at radius 2 is 1.72 bits per heavy atom. The summed E-state index contributed by atoms with van der Waals surface area (Å²) in [5, 5.41) is 4.08. The summed E-state index contributed by atoms with van der Waals surface area (Å²) in [5.41, 5.74) is 14.5. The summed E-state index contributed by atoms with van der Waals surface area (Å²) in [6.07, 6.45) is -1.12. The van der Waals surface area contributed by atoms with Crippen LogP contribution in [0.4, 0.5) is 14.6 Å². The third-order valence-electron chi connectivity index (χ3n) is 6.06. The highest BCUT2D eigenvalue weighted by atomic mass is 19.3. The molecule has 0 saturated heterocycles. The Hall–Kier alpha value is -4.34. The fraction of sp³-hybridized carbons (Fsp3) is 0.231. The molecule has 186 valence electrons. The summed E-state index contributed by atoms with van der Waals surface area (Å²) in [4.78, 5) is 28.5. The molecule has 4 N–H and O–H groups in total. The molecule has 1 aromatic carbocycles. The van der Waals surface area contributed by atoms with Crippen LogP contribution in [0.25, 0.3) is 0 Å². The molecule has 0 bridgehead atoms. The monoisotopic (exact) mass is 492 g/mol. The van der Waals surface area contributed by atoms with Gasteiger partial charge >= 0.3 is 0 Å². The molecular weight excluding hydrogens is 466 g/mol. The maximum Gasteiger partial charge on any atom is 0.282 e. The summed E-state index contributed by atoms with van der Waals surface area (Å²) < 4.78 is 30.6. The zero-order chi connectivity index (χ0) is 26.0. The van der Waals surface area contributed by atoms with Gasteiger partial charge in [0.05, 0.1) is 24.3 Å². The Labute approximate surface area is 206 Å². The quantitative estimate of drug-likeness (QED) is 0.391. The molecule has 0 aliphatic heterocycles. The average Bonchev–Trinajstić information content (AvgIpc) is 3.17. The van der Waals surface area contributed by atoms with Crippen molar-refractivity contribution >= 4 is 11.7 Å². The fourth-order valence-corrected chi connectivity index (χ4v) is 4.28. The molecule has 3 heterocycles. The number of rotatable bonds is 8. The number of nitrogen functional groups attached to an aromatic ring is 1. The van der Waals surface area contributed by atoms with Crippen molar-refractivity contribution in [3.8, 4) is 0 Å². The van der Waals surface area contributed by atoms with E-state index in [9.17, 15) is 18.4 Å². The Balaban J connectivity index is 1.69. The zero-order valence-electron chi connectivity index (χ0n) is 19.9. The molecule has 10 heteroatoms. The summed E-state index contributed by atoms with van der Waals surface area (Å²) in [6, 6.07) is 14.0. The lowest BCUT2D eigenvalue weighted by Crippen LogP contribution is -2.18. The van der Waals surface area contributed by atoms with Gasteiger partial charge in [-0.15, -0.1) is 0 Å². The van der Waals surface area contributed by atoms with Gasteiger partial charge in [-0.05, 0) is 48.2 Å². The molecule has 0 unspecified atom stereocenters. The molecule has 4 aromatic rings. The lowest BCUT2D eigenvalue weighted by molar-refractivity contribution is 0.0984. The topological polar surface area (TPSA) is 122 Å². The standard InChI is InChI=1S/C26H26F2N6O2/c1-15-11-21(29)31-16(2)19(15)12-20-23(26(30)36)24(25(27)28)32-34(20)14-18-8-6-17(7-9-18)13-33-10-4-3-5-22(33)35/h3-11,25H,12-14H2,1-2H3,(H2,29,31)(H2,30,36). The van der Waals surface area contributed by atoms with Crippen molar-refractivity contribution in [1.29, 1.82) is 0 Å². The van der Waals surface area contributed by atoms with Gasteiger partial charge in [0.25, 0.3) is 17.9 Å². The number of carbonyl (C=O) groups is 1. The van der Waals surface area contributed by atoms with Crippen LogP contribution in [-0.4, -0.2) is 25.2 Å². The first-order valence-electron chi connectivity index (χ1n) is 11.3. The number of carbonyl (C=O) groups excluding carboxylic acids is 1. The van der Waals surface area contributed by atoms with Crippen LogP contribution < -0.4 is 17.0 Å². The number of nitrogens with zero attached hydrogens (tertiary/aromatic N) is 4. The number of aromatic nitrogens is 4. The molecule has 0 spiro atoms. The minimum absolute atomic E-state index is 0.107. The summed E-state index contributed by atoms with van der Waals surface area (Å²) in [6.45, 7) is 4.16. The number of anilines is 1. The smallest absolute Gasteiger partial charge is 0.282 e. The number of primary amides is 1. The normalized spacial score (nSPS) is 11.2. The van der Waals surface area contributed by atoms with Gasteiger partial charge in [-0.2, -0.15) is 5.10 Å². The molecule has 0 aliphatic carbocycles. The van der Waals surface area contributed by atoms with Crippen LogP contribution in [0.2, 0.25) is 0 Å². The molecule has 0 fully saturated rings. The summed E-state index contributed by atoms with van der Waals surface area (Å²) in [7, 11) is 0. The van der Waals surface area contributed by atoms with E-state index in [-0.39, 0.29) is 29.8 Å². The van der Waals surface area contributed by atoms with E-state index in [2.05, 4.69) is 10.1 Å². The van der Waals surface area contributed by atoms with Crippen LogP contribution in [0.5, 0.6) is 0 Å². The number of pyridine rings is 2. The van der Waals surface area contributed by atoms with Crippen molar-refractivity contribution in [1.82, 2.24) is 19.3 Å². The number of alkyl halides is 2. The van der Waals surface area contributed by atoms with Gasteiger partial charge < -0.3 is 16.0 Å². The van der Waals surface area contributed by atoms with Crippen molar-refractivity contribution in [2.75, 3.05) is 5.73 Å². The van der Waals surface area contributed by atoms with E-state index in [1.54, 1.807) is 35.9 Å². The zero-order valence-corrected chi connectivity index (χ0v) is 19.9. The Morgan fingerprint density at radius 1 is 1.06 bits per heavy atom. The predicted molar refractivity (Wildman–Crippen MR) is 132 cm³/mol. The van der Waals surface area contributed by atoms with Crippen LogP contribution >= 0.6 is 0 Å². The second-order valence-corrected chi connectivity index (χ2v) is 8.62. The van der Waals surface area contributed by atoms with Crippen LogP contribution in [0.3, 0.4) is 0 Å². The molecule has 0 atom stereocenters. The van der Waals surface area contributed by atoms with Crippen molar-refractivity contribution < 1.29 is 13.6 Å². The fourth-order valence-electron chi connectivity index (χ4n) is 4.28. The molecule has 4 rings (SSSR count). The number of nitrogens with two attached hydrogens (primary N) is 2. The summed E-state index contributed by atoms with van der Waals surface area (Å²) in [5.74, 6) is -0.614. The van der Waals surface area contributed by atoms with Gasteiger partial charge in [-0.3, -0.25) is 14.3 Å². The van der Waals surface area contributed by atoms with Gasteiger partial charge in [0.1, 0.15) is 11.5 Å². The van der Waals surface area contributed by atoms with Crippen LogP contribution in [0, 0.1) is 13.8 Å². The van der Waals surface area contributed by atoms with Crippen molar-refractivity contribution in [2.45, 2.75) is 39.8 Å². The number of aryl methyl sites for hydroxylation is 2. The molecule has 0 saturated carbocycles. The highest BCUT2D eigenvalue weighted by Gasteiger charge is 2.28. The number of benzene rings is 1. The van der Waals surface area contributed by atoms with E-state index in [0.717, 1.165) is 22.3 Å². The van der Waals surface area contributed by atoms with E-state index in [0.29, 0.717) is 18.1 Å². The highest BCUT2D eigenvalue weighted by Crippen LogP contribution is 2.28. The Morgan fingerprint density at radius 3 is 2.31 bits per heavy atom. The molecule has 0 radical (unpaired) electrons. The van der Waals surface area contributed by atoms with Gasteiger partial charge in [0.2, 0.25) is 0 Å². The van der Waals surface area contributed by atoms with Gasteiger partial charge in [0.15, 0.2) is 0 Å². The first-order chi connectivity index (χ1) is 17.1. The second kappa shape index (κ2) is 10.1. The third-order valence-corrected chi connectivity index (χ3v) is 6.06. The number of amides is 1. The maximum absolute atomic E-state index is 13.8. The molecular formula is C26H26F2N6O2. The van der Waals surface area contributed by atoms with Crippen LogP contribution in [0.15, 0.2) is 59.5 Å². The average molecular weight is 493 g/mol. The van der Waals surface area contributed by atoms with Crippen molar-refractivity contribution in [2.24, 2.45) is 5.73 Å². The van der Waals surface area contributed by atoms with E-state index < -0.39 is 18.0 Å². The van der Waals surface area contributed by atoms with Gasteiger partial charge in [0, 0.05) is 24.4 Å². The molecule has 36 heavy (non-hydrogen) atoms. The first-order valence-corrected chi connectivity index (χ1v) is 11.3. The molecule has 1 amide bonds.